The van der Waals surface area contributed by atoms with E-state index in [1.54, 1.807) is 0 Å². The van der Waals surface area contributed by atoms with Gasteiger partial charge in [-0.2, -0.15) is 12.6 Å². The number of rotatable bonds is 3. The number of fused-ring (bicyclic) bond motifs is 1. The van der Waals surface area contributed by atoms with Crippen LogP contribution in [0.3, 0.4) is 0 Å². The van der Waals surface area contributed by atoms with Crippen LogP contribution >= 0.6 is 24.0 Å². The lowest BCUT2D eigenvalue weighted by molar-refractivity contribution is 1.26. The predicted octanol–water partition coefficient (Wildman–Crippen LogP) is 3.21. The summed E-state index contributed by atoms with van der Waals surface area (Å²) in [4.78, 5) is 4.32. The summed E-state index contributed by atoms with van der Waals surface area (Å²) in [7, 11) is 0. The van der Waals surface area contributed by atoms with Crippen molar-refractivity contribution in [3.63, 3.8) is 0 Å². The lowest BCUT2D eigenvalue weighted by Crippen LogP contribution is -1.81. The zero-order valence-corrected chi connectivity index (χ0v) is 9.89. The largest absolute Gasteiger partial charge is 0.375 e. The number of nitrogens with two attached hydrogens (primary N) is 1. The standard InChI is InChI=1S/C11H12N2S2/c12-11-13-10-8(4-1-2-7-14)5-3-6-9(10)15-11/h1,3-6,14H,2,7H2,(H2,12,13). The van der Waals surface area contributed by atoms with Gasteiger partial charge in [0.25, 0.3) is 0 Å². The van der Waals surface area contributed by atoms with Crippen LogP contribution in [0.4, 0.5) is 5.13 Å². The van der Waals surface area contributed by atoms with Crippen LogP contribution in [0.2, 0.25) is 0 Å². The fraction of sp³-hybridized carbons (Fsp3) is 0.182. The van der Waals surface area contributed by atoms with Gasteiger partial charge in [0.05, 0.1) is 10.2 Å². The Bertz CT molecular complexity index is 488. The molecule has 0 aliphatic rings. The molecular weight excluding hydrogens is 224 g/mol. The molecule has 0 bridgehead atoms. The number of para-hydroxylation sites is 1. The molecule has 2 nitrogen and oxygen atoms in total. The zero-order valence-electron chi connectivity index (χ0n) is 8.18. The van der Waals surface area contributed by atoms with Crippen LogP contribution in [-0.2, 0) is 0 Å². The fourth-order valence-electron chi connectivity index (χ4n) is 1.41. The van der Waals surface area contributed by atoms with Gasteiger partial charge in [0.2, 0.25) is 0 Å². The van der Waals surface area contributed by atoms with Crippen molar-refractivity contribution in [1.29, 1.82) is 0 Å². The van der Waals surface area contributed by atoms with Gasteiger partial charge in [-0.15, -0.1) is 0 Å². The maximum Gasteiger partial charge on any atom is 0.181 e. The summed E-state index contributed by atoms with van der Waals surface area (Å²) >= 11 is 5.68. The van der Waals surface area contributed by atoms with Crippen LogP contribution in [0, 0.1) is 0 Å². The molecule has 0 amide bonds. The van der Waals surface area contributed by atoms with Crippen molar-refractivity contribution in [3.8, 4) is 0 Å². The minimum atomic E-state index is 0.625. The first kappa shape index (κ1) is 10.5. The number of allylic oxidation sites excluding steroid dienone is 1. The molecule has 1 aromatic heterocycles. The van der Waals surface area contributed by atoms with Gasteiger partial charge in [0.1, 0.15) is 0 Å². The molecule has 0 atom stereocenters. The molecule has 78 valence electrons. The van der Waals surface area contributed by atoms with E-state index in [4.69, 9.17) is 5.73 Å². The Morgan fingerprint density at radius 1 is 1.47 bits per heavy atom. The van der Waals surface area contributed by atoms with E-state index in [9.17, 15) is 0 Å². The van der Waals surface area contributed by atoms with E-state index < -0.39 is 0 Å². The van der Waals surface area contributed by atoms with Crippen LogP contribution in [-0.4, -0.2) is 10.7 Å². The number of hydrogen-bond acceptors (Lipinski definition) is 4. The maximum atomic E-state index is 5.69. The average molecular weight is 236 g/mol. The van der Waals surface area contributed by atoms with E-state index in [0.717, 1.165) is 28.0 Å². The maximum absolute atomic E-state index is 5.69. The summed E-state index contributed by atoms with van der Waals surface area (Å²) < 4.78 is 1.14. The quantitative estimate of drug-likeness (QED) is 0.803. The van der Waals surface area contributed by atoms with Crippen LogP contribution in [0.1, 0.15) is 12.0 Å². The molecule has 0 fully saturated rings. The molecule has 0 unspecified atom stereocenters. The minimum absolute atomic E-state index is 0.625. The number of anilines is 1. The third kappa shape index (κ3) is 2.33. The zero-order chi connectivity index (χ0) is 10.7. The van der Waals surface area contributed by atoms with E-state index in [2.05, 4.69) is 35.8 Å². The van der Waals surface area contributed by atoms with E-state index in [1.165, 1.54) is 11.3 Å². The third-order valence-corrected chi connectivity index (χ3v) is 3.17. The Balaban J connectivity index is 2.41. The number of hydrogen-bond donors (Lipinski definition) is 2. The topological polar surface area (TPSA) is 38.9 Å². The summed E-state index contributed by atoms with van der Waals surface area (Å²) in [6, 6.07) is 6.12. The van der Waals surface area contributed by atoms with Crippen LogP contribution in [0.25, 0.3) is 16.3 Å². The molecule has 1 heterocycles. The van der Waals surface area contributed by atoms with Crippen LogP contribution in [0.5, 0.6) is 0 Å². The van der Waals surface area contributed by atoms with E-state index in [0.29, 0.717) is 5.13 Å². The molecule has 0 aliphatic carbocycles. The first-order valence-electron chi connectivity index (χ1n) is 4.73. The molecule has 0 saturated heterocycles. The van der Waals surface area contributed by atoms with Crippen LogP contribution in [0.15, 0.2) is 24.3 Å². The summed E-state index contributed by atoms with van der Waals surface area (Å²) in [6.07, 6.45) is 5.16. The number of thiazole rings is 1. The Kier molecular flexibility index (Phi) is 3.28. The molecule has 0 spiro atoms. The highest BCUT2D eigenvalue weighted by molar-refractivity contribution is 7.80. The van der Waals surface area contributed by atoms with Gasteiger partial charge in [0, 0.05) is 5.56 Å². The first-order valence-corrected chi connectivity index (χ1v) is 6.18. The second-order valence-corrected chi connectivity index (χ2v) is 4.67. The second kappa shape index (κ2) is 4.68. The fourth-order valence-corrected chi connectivity index (χ4v) is 2.32. The molecule has 2 rings (SSSR count). The minimum Gasteiger partial charge on any atom is -0.375 e. The summed E-state index contributed by atoms with van der Waals surface area (Å²) in [5, 5.41) is 0.625. The first-order chi connectivity index (χ1) is 7.31. The highest BCUT2D eigenvalue weighted by Crippen LogP contribution is 2.26. The molecule has 1 aromatic carbocycles. The van der Waals surface area contributed by atoms with Crippen molar-refractivity contribution in [1.82, 2.24) is 4.98 Å². The Hall–Kier alpha value is -1.00. The molecule has 4 heteroatoms. The molecule has 15 heavy (non-hydrogen) atoms. The molecule has 2 aromatic rings. The lowest BCUT2D eigenvalue weighted by atomic mass is 10.2. The molecule has 0 saturated carbocycles. The van der Waals surface area contributed by atoms with Gasteiger partial charge in [-0.25, -0.2) is 4.98 Å². The third-order valence-electron chi connectivity index (χ3n) is 2.06. The summed E-state index contributed by atoms with van der Waals surface area (Å²) in [5.41, 5.74) is 7.81. The SMILES string of the molecule is Nc1nc2c(C=CCCS)cccc2s1. The van der Waals surface area contributed by atoms with Crippen molar-refractivity contribution in [2.45, 2.75) is 6.42 Å². The number of thiol groups is 1. The van der Waals surface area contributed by atoms with Gasteiger partial charge in [-0.3, -0.25) is 0 Å². The molecule has 2 N–H and O–H groups in total. The predicted molar refractivity (Wildman–Crippen MR) is 71.5 cm³/mol. The number of nitrogen functional groups attached to an aromatic ring is 1. The van der Waals surface area contributed by atoms with Crippen molar-refractivity contribution in [2.75, 3.05) is 11.5 Å². The number of aromatic nitrogens is 1. The van der Waals surface area contributed by atoms with Gasteiger partial charge in [-0.05, 0) is 18.2 Å². The normalized spacial score (nSPS) is 11.5. The molecular formula is C11H12N2S2. The van der Waals surface area contributed by atoms with Crippen molar-refractivity contribution < 1.29 is 0 Å². The molecule has 0 radical (unpaired) electrons. The van der Waals surface area contributed by atoms with E-state index in [1.807, 2.05) is 12.1 Å². The highest BCUT2D eigenvalue weighted by Gasteiger charge is 2.03. The number of benzene rings is 1. The van der Waals surface area contributed by atoms with Gasteiger partial charge < -0.3 is 5.73 Å². The van der Waals surface area contributed by atoms with Crippen LogP contribution < -0.4 is 5.73 Å². The lowest BCUT2D eigenvalue weighted by Gasteiger charge is -1.94. The summed E-state index contributed by atoms with van der Waals surface area (Å²) in [5.74, 6) is 0.867. The Morgan fingerprint density at radius 3 is 3.13 bits per heavy atom. The average Bonchev–Trinajstić information content (AvgIpc) is 2.59. The van der Waals surface area contributed by atoms with Crippen molar-refractivity contribution in [3.05, 3.63) is 29.8 Å². The monoisotopic (exact) mass is 236 g/mol. The van der Waals surface area contributed by atoms with Gasteiger partial charge >= 0.3 is 0 Å². The Labute approximate surface area is 98.2 Å². The van der Waals surface area contributed by atoms with Crippen molar-refractivity contribution >= 4 is 45.4 Å². The van der Waals surface area contributed by atoms with E-state index in [-0.39, 0.29) is 0 Å². The summed E-state index contributed by atoms with van der Waals surface area (Å²) in [6.45, 7) is 0. The second-order valence-electron chi connectivity index (χ2n) is 3.16. The van der Waals surface area contributed by atoms with Crippen molar-refractivity contribution in [2.24, 2.45) is 0 Å². The smallest absolute Gasteiger partial charge is 0.181 e. The number of nitrogens with zero attached hydrogens (tertiary/aromatic N) is 1. The van der Waals surface area contributed by atoms with Gasteiger partial charge in [0.15, 0.2) is 5.13 Å². The van der Waals surface area contributed by atoms with Gasteiger partial charge in [-0.1, -0.05) is 35.6 Å². The molecule has 0 aliphatic heterocycles. The Morgan fingerprint density at radius 2 is 2.33 bits per heavy atom. The highest BCUT2D eigenvalue weighted by atomic mass is 32.1. The van der Waals surface area contributed by atoms with E-state index >= 15 is 0 Å².